The van der Waals surface area contributed by atoms with Gasteiger partial charge in [0.25, 0.3) is 5.91 Å². The number of rotatable bonds is 3. The lowest BCUT2D eigenvalue weighted by atomic mass is 10.3. The fourth-order valence-corrected chi connectivity index (χ4v) is 1.04. The van der Waals surface area contributed by atoms with Crippen molar-refractivity contribution in [3.8, 4) is 0 Å². The lowest BCUT2D eigenvalue weighted by molar-refractivity contribution is -0.684. The highest BCUT2D eigenvalue weighted by molar-refractivity contribution is 5.88. The molecular weight excluding hydrogens is 220 g/mol. The summed E-state index contributed by atoms with van der Waals surface area (Å²) in [7, 11) is 1.30. The third-order valence-electron chi connectivity index (χ3n) is 1.62. The smallest absolute Gasteiger partial charge is 0.343 e. The number of hydrogen-bond acceptors (Lipinski definition) is 3. The molecule has 0 aliphatic carbocycles. The topological polar surface area (TPSA) is 73.3 Å². The van der Waals surface area contributed by atoms with Crippen molar-refractivity contribution in [1.29, 1.82) is 0 Å². The minimum absolute atomic E-state index is 0. The van der Waals surface area contributed by atoms with Crippen molar-refractivity contribution in [2.45, 2.75) is 6.54 Å². The van der Waals surface area contributed by atoms with Crippen molar-refractivity contribution in [2.24, 2.45) is 5.73 Å². The van der Waals surface area contributed by atoms with Crippen molar-refractivity contribution >= 4 is 11.9 Å². The first-order valence-corrected chi connectivity index (χ1v) is 3.99. The lowest BCUT2D eigenvalue weighted by Gasteiger charge is -1.97. The van der Waals surface area contributed by atoms with Crippen LogP contribution in [0.15, 0.2) is 24.5 Å². The molecule has 0 saturated carbocycles. The second-order valence-corrected chi connectivity index (χ2v) is 2.72. The van der Waals surface area contributed by atoms with Crippen LogP contribution in [-0.2, 0) is 16.1 Å². The molecule has 0 unspecified atom stereocenters. The van der Waals surface area contributed by atoms with E-state index in [0.29, 0.717) is 5.56 Å². The molecule has 0 radical (unpaired) electrons. The van der Waals surface area contributed by atoms with Crippen LogP contribution in [0.25, 0.3) is 0 Å². The van der Waals surface area contributed by atoms with Gasteiger partial charge >= 0.3 is 5.97 Å². The van der Waals surface area contributed by atoms with E-state index in [0.717, 1.165) is 0 Å². The van der Waals surface area contributed by atoms with Crippen molar-refractivity contribution in [1.82, 2.24) is 0 Å². The molecule has 1 rings (SSSR count). The van der Waals surface area contributed by atoms with Gasteiger partial charge in [-0.1, -0.05) is 0 Å². The molecule has 1 heterocycles. The van der Waals surface area contributed by atoms with Gasteiger partial charge in [-0.2, -0.15) is 4.57 Å². The van der Waals surface area contributed by atoms with E-state index in [1.165, 1.54) is 17.9 Å². The summed E-state index contributed by atoms with van der Waals surface area (Å²) in [4.78, 5) is 21.7. The zero-order valence-electron chi connectivity index (χ0n) is 8.14. The number of pyridine rings is 1. The molecular formula is C9H11ClN2O3. The highest BCUT2D eigenvalue weighted by Gasteiger charge is 2.11. The normalized spacial score (nSPS) is 8.87. The fraction of sp³-hybridized carbons (Fsp3) is 0.222. The summed E-state index contributed by atoms with van der Waals surface area (Å²) < 4.78 is 6.05. The number of carbonyl (C=O) groups excluding carboxylic acids is 2. The second kappa shape index (κ2) is 5.98. The van der Waals surface area contributed by atoms with Crippen LogP contribution in [0.5, 0.6) is 0 Å². The van der Waals surface area contributed by atoms with Crippen molar-refractivity contribution in [2.75, 3.05) is 7.11 Å². The SMILES string of the molecule is COC(=O)c1ccc[n+](CC(N)=O)c1.[Cl-]. The molecule has 1 aromatic rings. The molecule has 1 amide bonds. The number of aromatic nitrogens is 1. The molecule has 0 atom stereocenters. The third kappa shape index (κ3) is 3.95. The molecule has 0 bridgehead atoms. The Morgan fingerprint density at radius 1 is 1.53 bits per heavy atom. The molecule has 0 aromatic carbocycles. The van der Waals surface area contributed by atoms with Crippen molar-refractivity contribution < 1.29 is 31.3 Å². The Morgan fingerprint density at radius 3 is 2.73 bits per heavy atom. The molecule has 0 fully saturated rings. The number of carbonyl (C=O) groups is 2. The number of hydrogen-bond donors (Lipinski definition) is 1. The molecule has 5 nitrogen and oxygen atoms in total. The number of esters is 1. The molecule has 6 heteroatoms. The van der Waals surface area contributed by atoms with Gasteiger partial charge in [0, 0.05) is 6.07 Å². The van der Waals surface area contributed by atoms with E-state index in [-0.39, 0.29) is 19.0 Å². The van der Waals surface area contributed by atoms with Crippen LogP contribution in [0.4, 0.5) is 0 Å². The summed E-state index contributed by atoms with van der Waals surface area (Å²) in [6, 6.07) is 3.25. The first-order valence-electron chi connectivity index (χ1n) is 3.99. The number of amides is 1. The Morgan fingerprint density at radius 2 is 2.20 bits per heavy atom. The minimum Gasteiger partial charge on any atom is -1.00 e. The van der Waals surface area contributed by atoms with E-state index >= 15 is 0 Å². The van der Waals surface area contributed by atoms with Crippen molar-refractivity contribution in [3.05, 3.63) is 30.1 Å². The Hall–Kier alpha value is -1.62. The maximum atomic E-state index is 11.1. The Kier molecular flexibility index (Phi) is 5.33. The van der Waals surface area contributed by atoms with Gasteiger partial charge in [0.15, 0.2) is 12.4 Å². The van der Waals surface area contributed by atoms with Gasteiger partial charge in [-0.25, -0.2) is 4.79 Å². The number of methoxy groups -OCH3 is 1. The highest BCUT2D eigenvalue weighted by atomic mass is 35.5. The van der Waals surface area contributed by atoms with E-state index < -0.39 is 11.9 Å². The van der Waals surface area contributed by atoms with Crippen LogP contribution in [0, 0.1) is 0 Å². The van der Waals surface area contributed by atoms with Gasteiger partial charge in [-0.3, -0.25) is 4.79 Å². The minimum atomic E-state index is -0.461. The number of primary amides is 1. The lowest BCUT2D eigenvalue weighted by Crippen LogP contribution is -3.00. The average molecular weight is 231 g/mol. The zero-order chi connectivity index (χ0) is 10.6. The molecule has 82 valence electrons. The number of nitrogens with two attached hydrogens (primary N) is 1. The summed E-state index contributed by atoms with van der Waals surface area (Å²) in [5.41, 5.74) is 5.39. The van der Waals surface area contributed by atoms with Crippen LogP contribution < -0.4 is 22.7 Å². The molecule has 0 aliphatic heterocycles. The predicted molar refractivity (Wildman–Crippen MR) is 47.2 cm³/mol. The quantitative estimate of drug-likeness (QED) is 0.428. The third-order valence-corrected chi connectivity index (χ3v) is 1.62. The Bertz CT molecular complexity index is 368. The fourth-order valence-electron chi connectivity index (χ4n) is 1.04. The standard InChI is InChI=1S/C9H10N2O3.ClH/c1-14-9(13)7-3-2-4-11(5-7)6-8(10)12;/h2-5H,6H2,1H3,(H-,10,12);1H. The first-order chi connectivity index (χ1) is 6.63. The highest BCUT2D eigenvalue weighted by Crippen LogP contribution is 1.96. The number of ether oxygens (including phenoxy) is 1. The van der Waals surface area contributed by atoms with Crippen LogP contribution in [0.1, 0.15) is 10.4 Å². The maximum absolute atomic E-state index is 11.1. The Balaban J connectivity index is 0.00000196. The van der Waals surface area contributed by atoms with Gasteiger partial charge in [-0.05, 0) is 6.07 Å². The van der Waals surface area contributed by atoms with E-state index in [1.54, 1.807) is 18.3 Å². The number of nitrogens with zero attached hydrogens (tertiary/aromatic N) is 1. The summed E-state index contributed by atoms with van der Waals surface area (Å²) in [6.45, 7) is 0.0465. The van der Waals surface area contributed by atoms with Gasteiger partial charge in [0.1, 0.15) is 5.56 Å². The molecule has 0 spiro atoms. The molecule has 15 heavy (non-hydrogen) atoms. The molecule has 0 saturated heterocycles. The van der Waals surface area contributed by atoms with E-state index in [9.17, 15) is 9.59 Å². The summed E-state index contributed by atoms with van der Waals surface area (Å²) >= 11 is 0. The van der Waals surface area contributed by atoms with E-state index in [2.05, 4.69) is 4.74 Å². The van der Waals surface area contributed by atoms with Gasteiger partial charge < -0.3 is 22.9 Å². The van der Waals surface area contributed by atoms with Gasteiger partial charge in [-0.15, -0.1) is 0 Å². The molecule has 1 aromatic heterocycles. The van der Waals surface area contributed by atoms with Crippen LogP contribution in [0.2, 0.25) is 0 Å². The zero-order valence-corrected chi connectivity index (χ0v) is 8.90. The van der Waals surface area contributed by atoms with Crippen LogP contribution >= 0.6 is 0 Å². The first kappa shape index (κ1) is 13.4. The van der Waals surface area contributed by atoms with Gasteiger partial charge in [0.2, 0.25) is 6.54 Å². The van der Waals surface area contributed by atoms with E-state index in [4.69, 9.17) is 5.73 Å². The summed E-state index contributed by atoms with van der Waals surface area (Å²) in [5, 5.41) is 0. The molecule has 0 aliphatic rings. The molecule has 2 N–H and O–H groups in total. The maximum Gasteiger partial charge on any atom is 0.343 e. The summed E-state index contributed by atoms with van der Waals surface area (Å²) in [6.07, 6.45) is 3.16. The largest absolute Gasteiger partial charge is 1.00 e. The number of halogens is 1. The van der Waals surface area contributed by atoms with Crippen LogP contribution in [0.3, 0.4) is 0 Å². The summed E-state index contributed by atoms with van der Waals surface area (Å²) in [5.74, 6) is -0.902. The average Bonchev–Trinajstić information content (AvgIpc) is 2.16. The Labute approximate surface area is 93.3 Å². The van der Waals surface area contributed by atoms with Crippen LogP contribution in [-0.4, -0.2) is 19.0 Å². The predicted octanol–water partition coefficient (Wildman–Crippen LogP) is -3.75. The monoisotopic (exact) mass is 230 g/mol. The van der Waals surface area contributed by atoms with E-state index in [1.807, 2.05) is 0 Å². The van der Waals surface area contributed by atoms with Crippen molar-refractivity contribution in [3.63, 3.8) is 0 Å². The van der Waals surface area contributed by atoms with Gasteiger partial charge in [0.05, 0.1) is 7.11 Å². The second-order valence-electron chi connectivity index (χ2n) is 2.72.